The number of hydrogen-bond donors (Lipinski definition) is 2. The fourth-order valence-electron chi connectivity index (χ4n) is 1.86. The molecule has 0 atom stereocenters. The van der Waals surface area contributed by atoms with Gasteiger partial charge in [0.05, 0.1) is 12.2 Å². The summed E-state index contributed by atoms with van der Waals surface area (Å²) in [6.45, 7) is 0.973. The monoisotopic (exact) mass is 311 g/mol. The Balaban J connectivity index is 1.72. The van der Waals surface area contributed by atoms with Crippen LogP contribution in [0, 0.1) is 0 Å². The van der Waals surface area contributed by atoms with Crippen LogP contribution in [0.5, 0.6) is 0 Å². The van der Waals surface area contributed by atoms with Gasteiger partial charge in [0.1, 0.15) is 10.4 Å². The van der Waals surface area contributed by atoms with Crippen LogP contribution < -0.4 is 5.32 Å². The van der Waals surface area contributed by atoms with E-state index >= 15 is 0 Å². The van der Waals surface area contributed by atoms with Crippen molar-refractivity contribution in [3.8, 4) is 0 Å². The van der Waals surface area contributed by atoms with Gasteiger partial charge < -0.3 is 15.3 Å². The van der Waals surface area contributed by atoms with Gasteiger partial charge in [0.2, 0.25) is 0 Å². The smallest absolute Gasteiger partial charge is 0.407 e. The molecule has 0 spiro atoms. The van der Waals surface area contributed by atoms with E-state index in [0.717, 1.165) is 10.3 Å². The molecule has 2 aromatic heterocycles. The van der Waals surface area contributed by atoms with E-state index in [-0.39, 0.29) is 6.04 Å². The molecule has 1 aliphatic rings. The van der Waals surface area contributed by atoms with Crippen LogP contribution in [0.2, 0.25) is 0 Å². The van der Waals surface area contributed by atoms with Gasteiger partial charge in [0, 0.05) is 13.1 Å². The normalized spacial score (nSPS) is 15.7. The molecular formula is C10H10BrN5O2. The lowest BCUT2D eigenvalue weighted by Gasteiger charge is -2.37. The van der Waals surface area contributed by atoms with Crippen LogP contribution in [-0.4, -0.2) is 49.8 Å². The van der Waals surface area contributed by atoms with Crippen molar-refractivity contribution in [3.63, 3.8) is 0 Å². The van der Waals surface area contributed by atoms with Crippen LogP contribution >= 0.6 is 15.9 Å². The summed E-state index contributed by atoms with van der Waals surface area (Å²) >= 11 is 3.35. The topological polar surface area (TPSA) is 82.8 Å². The highest BCUT2D eigenvalue weighted by atomic mass is 79.9. The minimum absolute atomic E-state index is 0.119. The lowest BCUT2D eigenvalue weighted by Crippen LogP contribution is -2.56. The molecule has 2 aromatic rings. The molecular weight excluding hydrogens is 302 g/mol. The van der Waals surface area contributed by atoms with E-state index in [0.29, 0.717) is 18.9 Å². The van der Waals surface area contributed by atoms with E-state index < -0.39 is 6.09 Å². The van der Waals surface area contributed by atoms with Gasteiger partial charge in [-0.3, -0.25) is 0 Å². The molecule has 0 saturated carbocycles. The zero-order chi connectivity index (χ0) is 12.7. The zero-order valence-electron chi connectivity index (χ0n) is 9.25. The Kier molecular flexibility index (Phi) is 2.58. The summed E-state index contributed by atoms with van der Waals surface area (Å²) in [6, 6.07) is 3.81. The first-order valence-electron chi connectivity index (χ1n) is 5.38. The number of halogens is 1. The summed E-state index contributed by atoms with van der Waals surface area (Å²) in [6.07, 6.45) is 0.801. The van der Waals surface area contributed by atoms with E-state index in [1.54, 1.807) is 10.7 Å². The number of nitrogens with zero attached hydrogens (tertiary/aromatic N) is 4. The van der Waals surface area contributed by atoms with Crippen molar-refractivity contribution in [2.75, 3.05) is 18.4 Å². The SMILES string of the molecule is O=C(O)N1CC(Nc2ccc3ncc(Br)n3n2)C1. The molecule has 0 aromatic carbocycles. The highest BCUT2D eigenvalue weighted by Crippen LogP contribution is 2.16. The molecule has 7 nitrogen and oxygen atoms in total. The molecule has 94 valence electrons. The third kappa shape index (κ3) is 1.88. The average molecular weight is 312 g/mol. The lowest BCUT2D eigenvalue weighted by molar-refractivity contribution is 0.111. The van der Waals surface area contributed by atoms with Crippen LogP contribution in [-0.2, 0) is 0 Å². The van der Waals surface area contributed by atoms with Crippen molar-refractivity contribution < 1.29 is 9.90 Å². The number of fused-ring (bicyclic) bond motifs is 1. The summed E-state index contributed by atoms with van der Waals surface area (Å²) in [5, 5.41) is 16.3. The van der Waals surface area contributed by atoms with Gasteiger partial charge in [-0.15, -0.1) is 5.10 Å². The van der Waals surface area contributed by atoms with E-state index in [1.165, 1.54) is 4.90 Å². The molecule has 1 amide bonds. The largest absolute Gasteiger partial charge is 0.465 e. The van der Waals surface area contributed by atoms with Crippen molar-refractivity contribution in [3.05, 3.63) is 22.9 Å². The highest BCUT2D eigenvalue weighted by Gasteiger charge is 2.30. The van der Waals surface area contributed by atoms with Gasteiger partial charge in [-0.1, -0.05) is 0 Å². The van der Waals surface area contributed by atoms with Crippen molar-refractivity contribution in [1.82, 2.24) is 19.5 Å². The van der Waals surface area contributed by atoms with Crippen molar-refractivity contribution in [1.29, 1.82) is 0 Å². The maximum absolute atomic E-state index is 10.6. The van der Waals surface area contributed by atoms with Gasteiger partial charge in [-0.05, 0) is 28.1 Å². The molecule has 3 heterocycles. The van der Waals surface area contributed by atoms with Gasteiger partial charge in [-0.25, -0.2) is 14.3 Å². The fourth-order valence-corrected chi connectivity index (χ4v) is 2.22. The number of aromatic nitrogens is 3. The third-order valence-electron chi connectivity index (χ3n) is 2.82. The predicted molar refractivity (Wildman–Crippen MR) is 67.7 cm³/mol. The summed E-state index contributed by atoms with van der Waals surface area (Å²) in [7, 11) is 0. The first-order chi connectivity index (χ1) is 8.63. The number of anilines is 1. The Morgan fingerprint density at radius 1 is 1.50 bits per heavy atom. The van der Waals surface area contributed by atoms with Crippen molar-refractivity contribution >= 4 is 33.5 Å². The highest BCUT2D eigenvalue weighted by molar-refractivity contribution is 9.10. The van der Waals surface area contributed by atoms with E-state index in [1.807, 2.05) is 12.1 Å². The minimum atomic E-state index is -0.881. The van der Waals surface area contributed by atoms with Crippen LogP contribution in [0.4, 0.5) is 10.6 Å². The minimum Gasteiger partial charge on any atom is -0.465 e. The van der Waals surface area contributed by atoms with Gasteiger partial charge in [0.15, 0.2) is 5.65 Å². The molecule has 0 unspecified atom stereocenters. The Labute approximate surface area is 111 Å². The number of hydrogen-bond acceptors (Lipinski definition) is 4. The number of likely N-dealkylation sites (tertiary alicyclic amines) is 1. The second-order valence-corrected chi connectivity index (χ2v) is 4.91. The molecule has 1 saturated heterocycles. The van der Waals surface area contributed by atoms with E-state index in [2.05, 4.69) is 31.3 Å². The third-order valence-corrected chi connectivity index (χ3v) is 3.37. The summed E-state index contributed by atoms with van der Waals surface area (Å²) in [5.41, 5.74) is 0.758. The van der Waals surface area contributed by atoms with E-state index in [9.17, 15) is 4.79 Å². The molecule has 0 radical (unpaired) electrons. The molecule has 3 rings (SSSR count). The second kappa shape index (κ2) is 4.13. The van der Waals surface area contributed by atoms with Crippen LogP contribution in [0.15, 0.2) is 22.9 Å². The molecule has 2 N–H and O–H groups in total. The predicted octanol–water partition coefficient (Wildman–Crippen LogP) is 1.27. The Morgan fingerprint density at radius 3 is 3.00 bits per heavy atom. The van der Waals surface area contributed by atoms with Crippen LogP contribution in [0.3, 0.4) is 0 Å². The maximum Gasteiger partial charge on any atom is 0.407 e. The van der Waals surface area contributed by atoms with Crippen molar-refractivity contribution in [2.24, 2.45) is 0 Å². The molecule has 1 aliphatic heterocycles. The van der Waals surface area contributed by atoms with Gasteiger partial charge >= 0.3 is 6.09 Å². The van der Waals surface area contributed by atoms with Crippen LogP contribution in [0.25, 0.3) is 5.65 Å². The molecule has 1 fully saturated rings. The quantitative estimate of drug-likeness (QED) is 0.872. The number of amides is 1. The lowest BCUT2D eigenvalue weighted by atomic mass is 10.1. The molecule has 8 heteroatoms. The Bertz CT molecular complexity index is 607. The maximum atomic E-state index is 10.6. The fraction of sp³-hybridized carbons (Fsp3) is 0.300. The molecule has 0 aliphatic carbocycles. The van der Waals surface area contributed by atoms with Gasteiger partial charge in [-0.2, -0.15) is 0 Å². The average Bonchev–Trinajstić information content (AvgIpc) is 2.64. The number of carbonyl (C=O) groups is 1. The Hall–Kier alpha value is -1.83. The summed E-state index contributed by atoms with van der Waals surface area (Å²) in [5.74, 6) is 0.705. The zero-order valence-corrected chi connectivity index (χ0v) is 10.8. The van der Waals surface area contributed by atoms with E-state index in [4.69, 9.17) is 5.11 Å². The number of rotatable bonds is 2. The first kappa shape index (κ1) is 11.3. The summed E-state index contributed by atoms with van der Waals surface area (Å²) < 4.78 is 2.46. The number of imidazole rings is 1. The standard InChI is InChI=1S/C10H10BrN5O2/c11-7-3-12-9-2-1-8(14-16(7)9)13-6-4-15(5-6)10(17)18/h1-3,6H,4-5H2,(H,13,14)(H,17,18). The van der Waals surface area contributed by atoms with Gasteiger partial charge in [0.25, 0.3) is 0 Å². The second-order valence-electron chi connectivity index (χ2n) is 4.10. The summed E-state index contributed by atoms with van der Waals surface area (Å²) in [4.78, 5) is 16.1. The van der Waals surface area contributed by atoms with Crippen LogP contribution in [0.1, 0.15) is 0 Å². The first-order valence-corrected chi connectivity index (χ1v) is 6.17. The molecule has 18 heavy (non-hydrogen) atoms. The van der Waals surface area contributed by atoms with Crippen molar-refractivity contribution in [2.45, 2.75) is 6.04 Å². The number of nitrogens with one attached hydrogen (secondary N) is 1. The number of carboxylic acid groups (broad SMARTS) is 1. The Morgan fingerprint density at radius 2 is 2.28 bits per heavy atom. The molecule has 0 bridgehead atoms.